The summed E-state index contributed by atoms with van der Waals surface area (Å²) in [6.07, 6.45) is 8.74. The third-order valence-corrected chi connectivity index (χ3v) is 7.08. The first-order chi connectivity index (χ1) is 16.6. The molecule has 6 nitrogen and oxygen atoms in total. The number of rotatable bonds is 10. The number of anilines is 2. The van der Waals surface area contributed by atoms with Crippen molar-refractivity contribution in [3.63, 3.8) is 0 Å². The van der Waals surface area contributed by atoms with E-state index in [0.717, 1.165) is 31.4 Å². The van der Waals surface area contributed by atoms with Crippen molar-refractivity contribution in [1.29, 1.82) is 0 Å². The first-order valence-corrected chi connectivity index (χ1v) is 12.8. The van der Waals surface area contributed by atoms with Crippen molar-refractivity contribution in [1.82, 2.24) is 10.3 Å². The van der Waals surface area contributed by atoms with Crippen molar-refractivity contribution in [2.75, 3.05) is 30.4 Å². The van der Waals surface area contributed by atoms with Crippen molar-refractivity contribution in [3.8, 4) is 0 Å². The van der Waals surface area contributed by atoms with E-state index in [2.05, 4.69) is 41.6 Å². The maximum Gasteiger partial charge on any atom is 0.298 e. The van der Waals surface area contributed by atoms with Crippen molar-refractivity contribution in [3.05, 3.63) is 53.6 Å². The SMILES string of the molecule is CCC(CC)NCCN(C)c1nc2cc(NC(=O)c3ccc(C4CCCCC4)cc3)ccc2o1. The van der Waals surface area contributed by atoms with Gasteiger partial charge in [0.15, 0.2) is 5.58 Å². The molecule has 182 valence electrons. The molecule has 0 saturated heterocycles. The van der Waals surface area contributed by atoms with Crippen LogP contribution in [0.15, 0.2) is 46.9 Å². The van der Waals surface area contributed by atoms with Gasteiger partial charge in [-0.05, 0) is 67.5 Å². The third kappa shape index (κ3) is 5.98. The van der Waals surface area contributed by atoms with Gasteiger partial charge in [0, 0.05) is 37.4 Å². The Morgan fingerprint density at radius 2 is 1.82 bits per heavy atom. The Balaban J connectivity index is 1.36. The topological polar surface area (TPSA) is 70.4 Å². The number of benzene rings is 2. The summed E-state index contributed by atoms with van der Waals surface area (Å²) in [7, 11) is 1.99. The van der Waals surface area contributed by atoms with Crippen LogP contribution in [0.4, 0.5) is 11.7 Å². The number of amides is 1. The molecule has 0 spiro atoms. The number of carbonyl (C=O) groups excluding carboxylic acids is 1. The maximum atomic E-state index is 12.8. The normalized spacial score (nSPS) is 14.6. The van der Waals surface area contributed by atoms with Crippen LogP contribution in [-0.2, 0) is 0 Å². The van der Waals surface area contributed by atoms with Crippen molar-refractivity contribution < 1.29 is 9.21 Å². The molecular weight excluding hydrogens is 424 g/mol. The predicted octanol–water partition coefficient (Wildman–Crippen LogP) is 6.34. The van der Waals surface area contributed by atoms with Crippen molar-refractivity contribution in [2.24, 2.45) is 0 Å². The van der Waals surface area contributed by atoms with Gasteiger partial charge in [0.2, 0.25) is 0 Å². The van der Waals surface area contributed by atoms with E-state index in [1.54, 1.807) is 0 Å². The fraction of sp³-hybridized carbons (Fsp3) is 0.500. The molecule has 1 aliphatic rings. The van der Waals surface area contributed by atoms with E-state index in [0.29, 0.717) is 34.8 Å². The highest BCUT2D eigenvalue weighted by Crippen LogP contribution is 2.32. The van der Waals surface area contributed by atoms with E-state index >= 15 is 0 Å². The van der Waals surface area contributed by atoms with Gasteiger partial charge in [-0.15, -0.1) is 0 Å². The fourth-order valence-electron chi connectivity index (χ4n) is 4.81. The fourth-order valence-corrected chi connectivity index (χ4v) is 4.81. The van der Waals surface area contributed by atoms with Gasteiger partial charge >= 0.3 is 0 Å². The lowest BCUT2D eigenvalue weighted by atomic mass is 9.84. The number of carbonyl (C=O) groups is 1. The minimum atomic E-state index is -0.108. The first kappa shape index (κ1) is 24.3. The summed E-state index contributed by atoms with van der Waals surface area (Å²) in [6, 6.07) is 14.8. The summed E-state index contributed by atoms with van der Waals surface area (Å²) in [5.74, 6) is 0.533. The molecule has 0 radical (unpaired) electrons. The lowest BCUT2D eigenvalue weighted by molar-refractivity contribution is 0.102. The Hall–Kier alpha value is -2.86. The number of oxazole rings is 1. The molecule has 0 bridgehead atoms. The zero-order valence-corrected chi connectivity index (χ0v) is 20.8. The molecule has 4 rings (SSSR count). The Morgan fingerprint density at radius 3 is 2.53 bits per heavy atom. The molecule has 0 atom stereocenters. The number of hydrogen-bond donors (Lipinski definition) is 2. The highest BCUT2D eigenvalue weighted by atomic mass is 16.4. The molecule has 1 amide bonds. The van der Waals surface area contributed by atoms with Crippen LogP contribution in [0.25, 0.3) is 11.1 Å². The molecule has 3 aromatic rings. The Labute approximate surface area is 203 Å². The summed E-state index contributed by atoms with van der Waals surface area (Å²) in [5.41, 5.74) is 4.19. The molecule has 0 unspecified atom stereocenters. The Bertz CT molecular complexity index is 1070. The number of hydrogen-bond acceptors (Lipinski definition) is 5. The standard InChI is InChI=1S/C28H38N4O2/c1-4-23(5-2)29-17-18-32(3)28-31-25-19-24(15-16-26(25)34-28)30-27(33)22-13-11-21(12-14-22)20-9-7-6-8-10-20/h11-16,19-20,23,29H,4-10,17-18H2,1-3H3,(H,30,33). The van der Waals surface area contributed by atoms with Crippen LogP contribution in [0.1, 0.15) is 80.6 Å². The molecule has 1 aliphatic carbocycles. The highest BCUT2D eigenvalue weighted by Gasteiger charge is 2.16. The van der Waals surface area contributed by atoms with Gasteiger partial charge in [-0.1, -0.05) is 45.2 Å². The summed E-state index contributed by atoms with van der Waals surface area (Å²) >= 11 is 0. The van der Waals surface area contributed by atoms with Gasteiger partial charge in [0.05, 0.1) is 0 Å². The smallest absolute Gasteiger partial charge is 0.298 e. The summed E-state index contributed by atoms with van der Waals surface area (Å²) in [6.45, 7) is 6.09. The zero-order chi connectivity index (χ0) is 23.9. The predicted molar refractivity (Wildman–Crippen MR) is 140 cm³/mol. The number of likely N-dealkylation sites (N-methyl/N-ethyl adjacent to an activating group) is 1. The second kappa shape index (κ2) is 11.5. The summed E-state index contributed by atoms with van der Waals surface area (Å²) in [4.78, 5) is 19.5. The molecule has 1 aromatic heterocycles. The van der Waals surface area contributed by atoms with E-state index in [-0.39, 0.29) is 5.91 Å². The van der Waals surface area contributed by atoms with Crippen LogP contribution in [0.2, 0.25) is 0 Å². The molecule has 1 fully saturated rings. The van der Waals surface area contributed by atoms with Gasteiger partial charge in [-0.2, -0.15) is 4.98 Å². The average molecular weight is 463 g/mol. The summed E-state index contributed by atoms with van der Waals surface area (Å²) in [5, 5.41) is 6.57. The lowest BCUT2D eigenvalue weighted by Crippen LogP contribution is -2.35. The van der Waals surface area contributed by atoms with E-state index in [1.165, 1.54) is 37.7 Å². The van der Waals surface area contributed by atoms with Crippen molar-refractivity contribution >= 4 is 28.7 Å². The van der Waals surface area contributed by atoms with Gasteiger partial charge in [0.1, 0.15) is 5.52 Å². The summed E-state index contributed by atoms with van der Waals surface area (Å²) < 4.78 is 5.93. The van der Waals surface area contributed by atoms with Gasteiger partial charge in [-0.25, -0.2) is 0 Å². The lowest BCUT2D eigenvalue weighted by Gasteiger charge is -2.22. The van der Waals surface area contributed by atoms with E-state index in [4.69, 9.17) is 4.42 Å². The highest BCUT2D eigenvalue weighted by molar-refractivity contribution is 6.05. The molecule has 2 aromatic carbocycles. The molecule has 1 saturated carbocycles. The molecule has 0 aliphatic heterocycles. The second-order valence-corrected chi connectivity index (χ2v) is 9.48. The zero-order valence-electron chi connectivity index (χ0n) is 20.8. The van der Waals surface area contributed by atoms with E-state index in [9.17, 15) is 4.79 Å². The molecule has 6 heteroatoms. The third-order valence-electron chi connectivity index (χ3n) is 7.08. The molecule has 2 N–H and O–H groups in total. The van der Waals surface area contributed by atoms with Crippen molar-refractivity contribution in [2.45, 2.75) is 70.8 Å². The molecule has 34 heavy (non-hydrogen) atoms. The van der Waals surface area contributed by atoms with Crippen LogP contribution in [0.5, 0.6) is 0 Å². The molecular formula is C28H38N4O2. The number of nitrogens with zero attached hydrogens (tertiary/aromatic N) is 2. The quantitative estimate of drug-likeness (QED) is 0.368. The second-order valence-electron chi connectivity index (χ2n) is 9.48. The van der Waals surface area contributed by atoms with Gasteiger partial charge in [0.25, 0.3) is 11.9 Å². The minimum Gasteiger partial charge on any atom is -0.423 e. The largest absolute Gasteiger partial charge is 0.423 e. The number of fused-ring (bicyclic) bond motifs is 1. The van der Waals surface area contributed by atoms with Crippen LogP contribution >= 0.6 is 0 Å². The maximum absolute atomic E-state index is 12.8. The number of nitrogens with one attached hydrogen (secondary N) is 2. The number of aromatic nitrogens is 1. The van der Waals surface area contributed by atoms with Crippen LogP contribution in [0, 0.1) is 0 Å². The Kier molecular flexibility index (Phi) is 8.22. The Morgan fingerprint density at radius 1 is 1.09 bits per heavy atom. The first-order valence-electron chi connectivity index (χ1n) is 12.8. The van der Waals surface area contributed by atoms with Gasteiger partial charge in [-0.3, -0.25) is 4.79 Å². The van der Waals surface area contributed by atoms with E-state index in [1.807, 2.05) is 42.3 Å². The van der Waals surface area contributed by atoms with Crippen LogP contribution in [0.3, 0.4) is 0 Å². The van der Waals surface area contributed by atoms with Gasteiger partial charge < -0.3 is 20.0 Å². The van der Waals surface area contributed by atoms with Crippen LogP contribution in [-0.4, -0.2) is 37.1 Å². The molecule has 1 heterocycles. The van der Waals surface area contributed by atoms with E-state index < -0.39 is 0 Å². The monoisotopic (exact) mass is 462 g/mol. The van der Waals surface area contributed by atoms with Crippen LogP contribution < -0.4 is 15.5 Å². The minimum absolute atomic E-state index is 0.108. The average Bonchev–Trinajstić information content (AvgIpc) is 3.31.